The Morgan fingerprint density at radius 1 is 1.04 bits per heavy atom. The average Bonchev–Trinajstić information content (AvgIpc) is 3.53. The molecule has 1 saturated heterocycles. The normalized spacial score (nSPS) is 19.3. The van der Waals surface area contributed by atoms with Crippen molar-refractivity contribution < 1.29 is 8.42 Å². The first kappa shape index (κ1) is 17.8. The zero-order valence-corrected chi connectivity index (χ0v) is 16.8. The van der Waals surface area contributed by atoms with Crippen molar-refractivity contribution in [3.8, 4) is 11.3 Å². The zero-order chi connectivity index (χ0) is 19.3. The van der Waals surface area contributed by atoms with Gasteiger partial charge in [-0.15, -0.1) is 0 Å². The molecule has 2 aliphatic rings. The number of aryl methyl sites for hydroxylation is 1. The summed E-state index contributed by atoms with van der Waals surface area (Å²) in [4.78, 5) is 9.56. The van der Waals surface area contributed by atoms with Gasteiger partial charge in [-0.05, 0) is 31.7 Å². The molecule has 6 nitrogen and oxygen atoms in total. The van der Waals surface area contributed by atoms with E-state index in [4.69, 9.17) is 4.98 Å². The highest BCUT2D eigenvalue weighted by atomic mass is 32.2. The van der Waals surface area contributed by atoms with Crippen LogP contribution >= 0.6 is 0 Å². The number of rotatable bonds is 4. The number of sulfonamides is 1. The Morgan fingerprint density at radius 3 is 2.43 bits per heavy atom. The third-order valence-electron chi connectivity index (χ3n) is 5.96. The number of fused-ring (bicyclic) bond motifs is 1. The van der Waals surface area contributed by atoms with Crippen LogP contribution in [-0.2, 0) is 17.1 Å². The van der Waals surface area contributed by atoms with Gasteiger partial charge in [0.1, 0.15) is 5.52 Å². The van der Waals surface area contributed by atoms with Crippen molar-refractivity contribution in [3.05, 3.63) is 48.4 Å². The van der Waals surface area contributed by atoms with E-state index in [0.717, 1.165) is 53.7 Å². The van der Waals surface area contributed by atoms with Gasteiger partial charge in [-0.1, -0.05) is 30.3 Å². The maximum absolute atomic E-state index is 12.5. The molecule has 1 aromatic carbocycles. The molecule has 3 aromatic rings. The van der Waals surface area contributed by atoms with Gasteiger partial charge in [-0.25, -0.2) is 17.7 Å². The molecule has 146 valence electrons. The van der Waals surface area contributed by atoms with Crippen LogP contribution in [0.1, 0.15) is 37.3 Å². The van der Waals surface area contributed by atoms with Crippen molar-refractivity contribution in [2.45, 2.75) is 36.9 Å². The molecule has 28 heavy (non-hydrogen) atoms. The Hall–Kier alpha value is -2.25. The minimum Gasteiger partial charge on any atom is -0.334 e. The first-order valence-corrected chi connectivity index (χ1v) is 11.4. The van der Waals surface area contributed by atoms with Gasteiger partial charge >= 0.3 is 0 Å². The average molecular weight is 397 g/mol. The number of pyridine rings is 1. The molecule has 2 fully saturated rings. The Bertz CT molecular complexity index is 1110. The summed E-state index contributed by atoms with van der Waals surface area (Å²) < 4.78 is 28.8. The second kappa shape index (κ2) is 6.67. The van der Waals surface area contributed by atoms with Crippen LogP contribution in [0.4, 0.5) is 0 Å². The largest absolute Gasteiger partial charge is 0.334 e. The van der Waals surface area contributed by atoms with Gasteiger partial charge in [0.25, 0.3) is 0 Å². The van der Waals surface area contributed by atoms with Gasteiger partial charge in [-0.2, -0.15) is 0 Å². The highest BCUT2D eigenvalue weighted by Crippen LogP contribution is 2.36. The Morgan fingerprint density at radius 2 is 1.75 bits per heavy atom. The van der Waals surface area contributed by atoms with E-state index in [9.17, 15) is 8.42 Å². The first-order chi connectivity index (χ1) is 13.5. The SMILES string of the molecule is Cn1cnc2c(-c3ccccc3)nc(C3CCN(S(=O)(=O)C4CC4)CC3)cc21. The van der Waals surface area contributed by atoms with Crippen LogP contribution in [-0.4, -0.2) is 45.6 Å². The van der Waals surface area contributed by atoms with Gasteiger partial charge in [0, 0.05) is 37.3 Å². The fourth-order valence-corrected chi connectivity index (χ4v) is 6.01. The third-order valence-corrected chi connectivity index (χ3v) is 8.36. The van der Waals surface area contributed by atoms with Crippen LogP contribution in [0, 0.1) is 0 Å². The molecule has 0 atom stereocenters. The molecule has 0 unspecified atom stereocenters. The Labute approximate surface area is 165 Å². The summed E-state index contributed by atoms with van der Waals surface area (Å²) in [6, 6.07) is 12.3. The van der Waals surface area contributed by atoms with E-state index in [-0.39, 0.29) is 11.2 Å². The number of nitrogens with zero attached hydrogens (tertiary/aromatic N) is 4. The number of aromatic nitrogens is 3. The van der Waals surface area contributed by atoms with Crippen molar-refractivity contribution in [2.24, 2.45) is 7.05 Å². The molecular formula is C21H24N4O2S. The zero-order valence-electron chi connectivity index (χ0n) is 16.0. The van der Waals surface area contributed by atoms with Crippen LogP contribution in [0.25, 0.3) is 22.3 Å². The minimum atomic E-state index is -3.08. The predicted molar refractivity (Wildman–Crippen MR) is 109 cm³/mol. The van der Waals surface area contributed by atoms with Crippen molar-refractivity contribution in [1.82, 2.24) is 18.8 Å². The Balaban J connectivity index is 1.47. The van der Waals surface area contributed by atoms with E-state index >= 15 is 0 Å². The highest BCUT2D eigenvalue weighted by Gasteiger charge is 2.41. The molecule has 3 heterocycles. The van der Waals surface area contributed by atoms with Gasteiger partial charge in [0.2, 0.25) is 10.0 Å². The van der Waals surface area contributed by atoms with E-state index in [2.05, 4.69) is 23.2 Å². The summed E-state index contributed by atoms with van der Waals surface area (Å²) in [7, 11) is -1.08. The molecule has 0 bridgehead atoms. The van der Waals surface area contributed by atoms with Crippen LogP contribution in [0.3, 0.4) is 0 Å². The van der Waals surface area contributed by atoms with E-state index in [1.807, 2.05) is 36.1 Å². The van der Waals surface area contributed by atoms with Crippen LogP contribution < -0.4 is 0 Å². The number of imidazole rings is 1. The van der Waals surface area contributed by atoms with Crippen molar-refractivity contribution >= 4 is 21.1 Å². The summed E-state index contributed by atoms with van der Waals surface area (Å²) in [5, 5.41) is -0.127. The second-order valence-corrected chi connectivity index (χ2v) is 10.1. The molecular weight excluding hydrogens is 372 g/mol. The molecule has 1 aliphatic heterocycles. The van der Waals surface area contributed by atoms with Crippen LogP contribution in [0.5, 0.6) is 0 Å². The van der Waals surface area contributed by atoms with Gasteiger partial charge < -0.3 is 4.57 Å². The molecule has 7 heteroatoms. The first-order valence-electron chi connectivity index (χ1n) is 9.90. The quantitative estimate of drug-likeness (QED) is 0.679. The van der Waals surface area contributed by atoms with E-state index < -0.39 is 10.0 Å². The third kappa shape index (κ3) is 3.02. The Kier molecular flexibility index (Phi) is 4.25. The number of hydrogen-bond acceptors (Lipinski definition) is 4. The van der Waals surface area contributed by atoms with Crippen LogP contribution in [0.15, 0.2) is 42.7 Å². The lowest BCUT2D eigenvalue weighted by atomic mass is 9.93. The van der Waals surface area contributed by atoms with E-state index in [1.165, 1.54) is 0 Å². The van der Waals surface area contributed by atoms with Crippen molar-refractivity contribution in [3.63, 3.8) is 0 Å². The summed E-state index contributed by atoms with van der Waals surface area (Å²) in [6.45, 7) is 1.19. The van der Waals surface area contributed by atoms with Crippen molar-refractivity contribution in [2.75, 3.05) is 13.1 Å². The molecule has 0 spiro atoms. The molecule has 1 aliphatic carbocycles. The molecule has 5 rings (SSSR count). The lowest BCUT2D eigenvalue weighted by Crippen LogP contribution is -2.39. The van der Waals surface area contributed by atoms with Gasteiger partial charge in [0.15, 0.2) is 0 Å². The fraction of sp³-hybridized carbons (Fsp3) is 0.429. The van der Waals surface area contributed by atoms with Gasteiger partial charge in [-0.3, -0.25) is 4.98 Å². The summed E-state index contributed by atoms with van der Waals surface area (Å²) >= 11 is 0. The van der Waals surface area contributed by atoms with E-state index in [0.29, 0.717) is 13.1 Å². The predicted octanol–water partition coefficient (Wildman–Crippen LogP) is 3.31. The second-order valence-electron chi connectivity index (χ2n) is 7.90. The molecule has 0 N–H and O–H groups in total. The van der Waals surface area contributed by atoms with Crippen LogP contribution in [0.2, 0.25) is 0 Å². The maximum atomic E-state index is 12.5. The van der Waals surface area contributed by atoms with Gasteiger partial charge in [0.05, 0.1) is 22.8 Å². The number of benzene rings is 1. The summed E-state index contributed by atoms with van der Waals surface area (Å²) in [5.74, 6) is 0.271. The summed E-state index contributed by atoms with van der Waals surface area (Å²) in [6.07, 6.45) is 5.10. The van der Waals surface area contributed by atoms with Crippen molar-refractivity contribution in [1.29, 1.82) is 0 Å². The highest BCUT2D eigenvalue weighted by molar-refractivity contribution is 7.90. The number of hydrogen-bond donors (Lipinski definition) is 0. The monoisotopic (exact) mass is 396 g/mol. The summed E-state index contributed by atoms with van der Waals surface area (Å²) in [5.41, 5.74) is 4.98. The lowest BCUT2D eigenvalue weighted by Gasteiger charge is -2.31. The molecule has 1 saturated carbocycles. The fourth-order valence-electron chi connectivity index (χ4n) is 4.14. The topological polar surface area (TPSA) is 68.1 Å². The standard InChI is InChI=1S/C21H24N4O2S/c1-24-14-22-21-19(24)13-18(23-20(21)16-5-3-2-4-6-16)15-9-11-25(12-10-15)28(26,27)17-7-8-17/h2-6,13-15,17H,7-12H2,1H3. The molecule has 0 amide bonds. The molecule has 2 aromatic heterocycles. The lowest BCUT2D eigenvalue weighted by molar-refractivity contribution is 0.316. The van der Waals surface area contributed by atoms with E-state index in [1.54, 1.807) is 4.31 Å². The maximum Gasteiger partial charge on any atom is 0.216 e. The molecule has 0 radical (unpaired) electrons. The minimum absolute atomic E-state index is 0.127. The smallest absolute Gasteiger partial charge is 0.216 e. The number of piperidine rings is 1.